The lowest BCUT2D eigenvalue weighted by Crippen LogP contribution is -2.41. The monoisotopic (exact) mass is 264 g/mol. The van der Waals surface area contributed by atoms with E-state index in [0.717, 1.165) is 23.4 Å². The van der Waals surface area contributed by atoms with E-state index in [4.69, 9.17) is 15.2 Å². The molecule has 0 spiro atoms. The number of methoxy groups -OCH3 is 2. The number of fused-ring (bicyclic) bond motifs is 1. The number of hydrogen-bond donors (Lipinski definition) is 1. The number of carbonyl (C=O) groups excluding carboxylic acids is 1. The van der Waals surface area contributed by atoms with Gasteiger partial charge in [-0.3, -0.25) is 4.79 Å². The molecule has 2 N–H and O–H groups in total. The van der Waals surface area contributed by atoms with Gasteiger partial charge in [0.25, 0.3) is 0 Å². The van der Waals surface area contributed by atoms with Crippen LogP contribution in [0, 0.1) is 5.92 Å². The Kier molecular flexibility index (Phi) is 3.95. The van der Waals surface area contributed by atoms with E-state index in [1.165, 1.54) is 0 Å². The molecule has 2 rings (SSSR count). The van der Waals surface area contributed by atoms with Crippen LogP contribution < -0.4 is 20.1 Å². The van der Waals surface area contributed by atoms with E-state index < -0.39 is 0 Å². The third-order valence-corrected chi connectivity index (χ3v) is 3.56. The molecule has 0 aromatic heterocycles. The van der Waals surface area contributed by atoms with Crippen molar-refractivity contribution in [2.75, 3.05) is 32.2 Å². The Labute approximate surface area is 113 Å². The first-order chi connectivity index (χ1) is 9.12. The van der Waals surface area contributed by atoms with Crippen LogP contribution in [0.15, 0.2) is 12.1 Å². The largest absolute Gasteiger partial charge is 0.496 e. The lowest BCUT2D eigenvalue weighted by Gasteiger charge is -2.35. The summed E-state index contributed by atoms with van der Waals surface area (Å²) in [6, 6.07) is 3.70. The number of ether oxygens (including phenoxy) is 2. The Morgan fingerprint density at radius 1 is 1.37 bits per heavy atom. The van der Waals surface area contributed by atoms with Gasteiger partial charge >= 0.3 is 0 Å². The summed E-state index contributed by atoms with van der Waals surface area (Å²) in [5.74, 6) is 1.71. The minimum absolute atomic E-state index is 0.00838. The quantitative estimate of drug-likeness (QED) is 0.890. The van der Waals surface area contributed by atoms with Crippen molar-refractivity contribution in [3.8, 4) is 11.5 Å². The molecule has 1 aliphatic rings. The van der Waals surface area contributed by atoms with Crippen LogP contribution in [0.2, 0.25) is 0 Å². The number of hydrogen-bond acceptors (Lipinski definition) is 4. The van der Waals surface area contributed by atoms with Crippen LogP contribution >= 0.6 is 0 Å². The number of amides is 1. The number of benzene rings is 1. The average molecular weight is 264 g/mol. The molecule has 0 radical (unpaired) electrons. The van der Waals surface area contributed by atoms with Gasteiger partial charge in [0.05, 0.1) is 19.9 Å². The van der Waals surface area contributed by atoms with Gasteiger partial charge in [0.1, 0.15) is 11.5 Å². The molecule has 1 heterocycles. The lowest BCUT2D eigenvalue weighted by molar-refractivity contribution is -0.116. The second-order valence-corrected chi connectivity index (χ2v) is 4.73. The van der Waals surface area contributed by atoms with Crippen LogP contribution in [0.4, 0.5) is 5.69 Å². The molecule has 1 aromatic carbocycles. The number of nitrogens with two attached hydrogens (primary N) is 1. The third-order valence-electron chi connectivity index (χ3n) is 3.56. The van der Waals surface area contributed by atoms with Gasteiger partial charge in [-0.15, -0.1) is 0 Å². The zero-order valence-electron chi connectivity index (χ0n) is 11.6. The van der Waals surface area contributed by atoms with Crippen molar-refractivity contribution in [2.24, 2.45) is 11.7 Å². The van der Waals surface area contributed by atoms with Crippen molar-refractivity contribution in [3.63, 3.8) is 0 Å². The first-order valence-electron chi connectivity index (χ1n) is 6.34. The van der Waals surface area contributed by atoms with E-state index in [0.29, 0.717) is 18.8 Å². The van der Waals surface area contributed by atoms with Crippen LogP contribution in [0.5, 0.6) is 11.5 Å². The minimum Gasteiger partial charge on any atom is -0.496 e. The normalized spacial score (nSPS) is 17.9. The van der Waals surface area contributed by atoms with E-state index in [9.17, 15) is 4.79 Å². The first kappa shape index (κ1) is 13.7. The number of anilines is 1. The van der Waals surface area contributed by atoms with E-state index >= 15 is 0 Å². The summed E-state index contributed by atoms with van der Waals surface area (Å²) in [5, 5.41) is 0. The zero-order valence-corrected chi connectivity index (χ0v) is 11.6. The molecular formula is C14H20N2O3. The molecule has 0 saturated heterocycles. The topological polar surface area (TPSA) is 64.8 Å². The first-order valence-corrected chi connectivity index (χ1v) is 6.34. The Bertz CT molecular complexity index is 488. The van der Waals surface area contributed by atoms with Crippen LogP contribution in [0.1, 0.15) is 12.5 Å². The molecule has 19 heavy (non-hydrogen) atoms. The van der Waals surface area contributed by atoms with Crippen molar-refractivity contribution in [1.82, 2.24) is 0 Å². The highest BCUT2D eigenvalue weighted by Crippen LogP contribution is 2.42. The molecule has 1 atom stereocenters. The van der Waals surface area contributed by atoms with Gasteiger partial charge < -0.3 is 20.1 Å². The molecule has 1 amide bonds. The summed E-state index contributed by atoms with van der Waals surface area (Å²) in [7, 11) is 3.24. The molecule has 5 nitrogen and oxygen atoms in total. The Morgan fingerprint density at radius 3 is 2.53 bits per heavy atom. The van der Waals surface area contributed by atoms with Crippen LogP contribution in [-0.2, 0) is 11.2 Å². The molecule has 1 aromatic rings. The molecule has 0 fully saturated rings. The van der Waals surface area contributed by atoms with Gasteiger partial charge in [-0.2, -0.15) is 0 Å². The summed E-state index contributed by atoms with van der Waals surface area (Å²) in [6.07, 6.45) is 0.802. The van der Waals surface area contributed by atoms with E-state index in [2.05, 4.69) is 0 Å². The summed E-state index contributed by atoms with van der Waals surface area (Å²) in [6.45, 7) is 2.73. The third kappa shape index (κ3) is 2.38. The summed E-state index contributed by atoms with van der Waals surface area (Å²) < 4.78 is 10.8. The van der Waals surface area contributed by atoms with Gasteiger partial charge in [-0.1, -0.05) is 0 Å². The van der Waals surface area contributed by atoms with Gasteiger partial charge in [0.15, 0.2) is 0 Å². The smallest absolute Gasteiger partial charge is 0.223 e. The molecule has 104 valence electrons. The molecular weight excluding hydrogens is 244 g/mol. The SMILES string of the molecule is COc1ccc(OC)c2c1CC(CN)CN2C(C)=O. The van der Waals surface area contributed by atoms with Crippen LogP contribution in [0.25, 0.3) is 0 Å². The van der Waals surface area contributed by atoms with E-state index in [-0.39, 0.29) is 11.8 Å². The standard InChI is InChI=1S/C14H20N2O3/c1-9(17)16-8-10(7-15)6-11-12(18-2)4-5-13(19-3)14(11)16/h4-5,10H,6-8,15H2,1-3H3. The second kappa shape index (κ2) is 5.48. The Balaban J connectivity index is 2.59. The highest BCUT2D eigenvalue weighted by Gasteiger charge is 2.31. The maximum Gasteiger partial charge on any atom is 0.223 e. The molecule has 0 saturated carbocycles. The summed E-state index contributed by atoms with van der Waals surface area (Å²) >= 11 is 0. The molecule has 1 aliphatic heterocycles. The molecule has 5 heteroatoms. The van der Waals surface area contributed by atoms with Crippen molar-refractivity contribution < 1.29 is 14.3 Å². The highest BCUT2D eigenvalue weighted by molar-refractivity contribution is 5.95. The van der Waals surface area contributed by atoms with Gasteiger partial charge in [0, 0.05) is 19.0 Å². The van der Waals surface area contributed by atoms with Gasteiger partial charge in [-0.25, -0.2) is 0 Å². The fraction of sp³-hybridized carbons (Fsp3) is 0.500. The Hall–Kier alpha value is -1.75. The van der Waals surface area contributed by atoms with Crippen molar-refractivity contribution >= 4 is 11.6 Å². The maximum atomic E-state index is 11.9. The highest BCUT2D eigenvalue weighted by atomic mass is 16.5. The van der Waals surface area contributed by atoms with Crippen molar-refractivity contribution in [2.45, 2.75) is 13.3 Å². The predicted octanol–water partition coefficient (Wildman–Crippen LogP) is 1.19. The summed E-state index contributed by atoms with van der Waals surface area (Å²) in [5.41, 5.74) is 7.59. The fourth-order valence-electron chi connectivity index (χ4n) is 2.59. The number of nitrogens with zero attached hydrogens (tertiary/aromatic N) is 1. The lowest BCUT2D eigenvalue weighted by atomic mass is 9.91. The van der Waals surface area contributed by atoms with Crippen molar-refractivity contribution in [3.05, 3.63) is 17.7 Å². The van der Waals surface area contributed by atoms with E-state index in [1.54, 1.807) is 26.0 Å². The summed E-state index contributed by atoms with van der Waals surface area (Å²) in [4.78, 5) is 13.6. The Morgan fingerprint density at radius 2 is 2.00 bits per heavy atom. The fourth-order valence-corrected chi connectivity index (χ4v) is 2.59. The predicted molar refractivity (Wildman–Crippen MR) is 73.8 cm³/mol. The zero-order chi connectivity index (χ0) is 14.0. The van der Waals surface area contributed by atoms with Gasteiger partial charge in [0.2, 0.25) is 5.91 Å². The maximum absolute atomic E-state index is 11.9. The molecule has 1 unspecified atom stereocenters. The average Bonchev–Trinajstić information content (AvgIpc) is 2.44. The van der Waals surface area contributed by atoms with Gasteiger partial charge in [-0.05, 0) is 31.0 Å². The molecule has 0 aliphatic carbocycles. The van der Waals surface area contributed by atoms with Crippen LogP contribution in [0.3, 0.4) is 0 Å². The number of rotatable bonds is 3. The van der Waals surface area contributed by atoms with Crippen LogP contribution in [-0.4, -0.2) is 33.2 Å². The van der Waals surface area contributed by atoms with E-state index in [1.807, 2.05) is 12.1 Å². The molecule has 0 bridgehead atoms. The number of carbonyl (C=O) groups is 1. The second-order valence-electron chi connectivity index (χ2n) is 4.73. The minimum atomic E-state index is -0.00838. The van der Waals surface area contributed by atoms with Crippen molar-refractivity contribution in [1.29, 1.82) is 0 Å².